The average molecular weight is 196 g/mol. The fourth-order valence-corrected chi connectivity index (χ4v) is 1.68. The highest BCUT2D eigenvalue weighted by Gasteiger charge is 2.20. The second-order valence-electron chi connectivity index (χ2n) is 3.02. The summed E-state index contributed by atoms with van der Waals surface area (Å²) in [5.41, 5.74) is 0. The van der Waals surface area contributed by atoms with E-state index < -0.39 is 0 Å². The molecule has 0 saturated heterocycles. The molecule has 3 heteroatoms. The van der Waals surface area contributed by atoms with Crippen molar-refractivity contribution in [2.24, 2.45) is 5.92 Å². The van der Waals surface area contributed by atoms with Gasteiger partial charge in [-0.15, -0.1) is 0 Å². The molecule has 11 heavy (non-hydrogen) atoms. The highest BCUT2D eigenvalue weighted by molar-refractivity contribution is 7.59. The van der Waals surface area contributed by atoms with Crippen LogP contribution in [0.15, 0.2) is 0 Å². The predicted octanol–water partition coefficient (Wildman–Crippen LogP) is 2.17. The van der Waals surface area contributed by atoms with Gasteiger partial charge in [-0.05, 0) is 25.2 Å². The zero-order valence-corrected chi connectivity index (χ0v) is 9.14. The van der Waals surface area contributed by atoms with Crippen molar-refractivity contribution < 1.29 is 5.11 Å². The Labute approximate surface area is 83.5 Å². The molecule has 1 saturated carbocycles. The zero-order valence-electron chi connectivity index (χ0n) is 7.14. The molecule has 0 spiro atoms. The summed E-state index contributed by atoms with van der Waals surface area (Å²) < 4.78 is 0. The Hall–Kier alpha value is 0.660. The van der Waals surface area contributed by atoms with Crippen molar-refractivity contribution in [3.63, 3.8) is 0 Å². The zero-order chi connectivity index (χ0) is 6.69. The summed E-state index contributed by atoms with van der Waals surface area (Å²) in [4.78, 5) is 0. The smallest absolute Gasteiger partial charge is 0.0565 e. The Bertz CT molecular complexity index is 82.2. The molecule has 0 aromatic carbocycles. The van der Waals surface area contributed by atoms with E-state index in [1.54, 1.807) is 0 Å². The number of hydrogen-bond acceptors (Lipinski definition) is 1. The lowest BCUT2D eigenvalue weighted by Crippen LogP contribution is -2.15. The van der Waals surface area contributed by atoms with Crippen LogP contribution in [0.3, 0.4) is 0 Å². The Morgan fingerprint density at radius 1 is 1.27 bits per heavy atom. The van der Waals surface area contributed by atoms with Crippen LogP contribution in [-0.4, -0.2) is 11.2 Å². The van der Waals surface area contributed by atoms with Gasteiger partial charge in [0.25, 0.3) is 0 Å². The third kappa shape index (κ3) is 4.28. The molecule has 1 fully saturated rings. The molecular weight excluding hydrogens is 176 g/mol. The summed E-state index contributed by atoms with van der Waals surface area (Å²) in [5.74, 6) is 0.634. The first kappa shape index (κ1) is 14.2. The Balaban J connectivity index is 0. The first-order chi connectivity index (χ1) is 4.34. The molecule has 0 heterocycles. The standard InChI is InChI=1S/C8H16O.2H2S/c1-2-8(9)7-5-3-4-6-7;;/h7-9H,2-6H2,1H3;2*1H2/t8-;;/m1../s1. The maximum atomic E-state index is 9.36. The van der Waals surface area contributed by atoms with Gasteiger partial charge in [0.2, 0.25) is 0 Å². The van der Waals surface area contributed by atoms with Crippen LogP contribution in [0, 0.1) is 5.92 Å². The largest absolute Gasteiger partial charge is 0.393 e. The van der Waals surface area contributed by atoms with Gasteiger partial charge >= 0.3 is 0 Å². The van der Waals surface area contributed by atoms with E-state index in [1.165, 1.54) is 25.7 Å². The van der Waals surface area contributed by atoms with Gasteiger partial charge in [0.1, 0.15) is 0 Å². The number of aliphatic hydroxyl groups excluding tert-OH is 1. The van der Waals surface area contributed by atoms with Crippen molar-refractivity contribution >= 4 is 27.0 Å². The van der Waals surface area contributed by atoms with Crippen molar-refractivity contribution in [1.82, 2.24) is 0 Å². The monoisotopic (exact) mass is 196 g/mol. The normalized spacial score (nSPS) is 20.2. The first-order valence-electron chi connectivity index (χ1n) is 4.02. The van der Waals surface area contributed by atoms with E-state index in [9.17, 15) is 5.11 Å². The van der Waals surface area contributed by atoms with Crippen molar-refractivity contribution in [3.8, 4) is 0 Å². The second kappa shape index (κ2) is 7.32. The van der Waals surface area contributed by atoms with Gasteiger partial charge < -0.3 is 5.11 Å². The van der Waals surface area contributed by atoms with Gasteiger partial charge in [-0.3, -0.25) is 0 Å². The minimum absolute atomic E-state index is 0. The molecule has 1 rings (SSSR count). The SMILES string of the molecule is CC[C@@H](O)C1CCCC1.S.S. The number of aliphatic hydroxyl groups is 1. The molecule has 0 unspecified atom stereocenters. The van der Waals surface area contributed by atoms with Crippen LogP contribution < -0.4 is 0 Å². The van der Waals surface area contributed by atoms with Gasteiger partial charge in [0, 0.05) is 0 Å². The summed E-state index contributed by atoms with van der Waals surface area (Å²) in [6, 6.07) is 0. The molecule has 1 nitrogen and oxygen atoms in total. The first-order valence-corrected chi connectivity index (χ1v) is 4.02. The third-order valence-corrected chi connectivity index (χ3v) is 2.36. The minimum Gasteiger partial charge on any atom is -0.393 e. The molecule has 1 N–H and O–H groups in total. The molecule has 70 valence electrons. The van der Waals surface area contributed by atoms with Crippen molar-refractivity contribution in [1.29, 1.82) is 0 Å². The van der Waals surface area contributed by atoms with E-state index in [2.05, 4.69) is 6.92 Å². The summed E-state index contributed by atoms with van der Waals surface area (Å²) in [6.45, 7) is 2.06. The highest BCUT2D eigenvalue weighted by atomic mass is 32.1. The van der Waals surface area contributed by atoms with Crippen molar-refractivity contribution in [3.05, 3.63) is 0 Å². The van der Waals surface area contributed by atoms with Gasteiger partial charge in [-0.2, -0.15) is 27.0 Å². The van der Waals surface area contributed by atoms with Gasteiger partial charge in [-0.25, -0.2) is 0 Å². The average Bonchev–Trinajstić information content (AvgIpc) is 2.37. The fraction of sp³-hybridized carbons (Fsp3) is 1.00. The lowest BCUT2D eigenvalue weighted by atomic mass is 9.99. The van der Waals surface area contributed by atoms with Crippen LogP contribution in [0.5, 0.6) is 0 Å². The molecule has 1 aliphatic rings. The van der Waals surface area contributed by atoms with Crippen LogP contribution in [0.25, 0.3) is 0 Å². The van der Waals surface area contributed by atoms with Crippen LogP contribution in [0.1, 0.15) is 39.0 Å². The van der Waals surface area contributed by atoms with E-state index in [0.29, 0.717) is 5.92 Å². The molecule has 1 aliphatic carbocycles. The molecule has 0 radical (unpaired) electrons. The lowest BCUT2D eigenvalue weighted by molar-refractivity contribution is 0.107. The van der Waals surface area contributed by atoms with Crippen LogP contribution >= 0.6 is 27.0 Å². The van der Waals surface area contributed by atoms with Crippen molar-refractivity contribution in [2.45, 2.75) is 45.1 Å². The Kier molecular flexibility index (Phi) is 9.44. The maximum absolute atomic E-state index is 9.36. The quantitative estimate of drug-likeness (QED) is 0.718. The molecule has 0 bridgehead atoms. The maximum Gasteiger partial charge on any atom is 0.0565 e. The predicted molar refractivity (Wildman–Crippen MR) is 59.0 cm³/mol. The van der Waals surface area contributed by atoms with Crippen LogP contribution in [0.2, 0.25) is 0 Å². The molecular formula is C8H20OS2. The Morgan fingerprint density at radius 2 is 1.73 bits per heavy atom. The molecule has 0 aliphatic heterocycles. The molecule has 1 atom stereocenters. The highest BCUT2D eigenvalue weighted by Crippen LogP contribution is 2.28. The summed E-state index contributed by atoms with van der Waals surface area (Å²) >= 11 is 0. The third-order valence-electron chi connectivity index (χ3n) is 2.36. The van der Waals surface area contributed by atoms with Gasteiger partial charge in [-0.1, -0.05) is 19.8 Å². The Morgan fingerprint density at radius 3 is 2.09 bits per heavy atom. The summed E-state index contributed by atoms with van der Waals surface area (Å²) in [6.07, 6.45) is 6.12. The molecule has 0 aromatic heterocycles. The van der Waals surface area contributed by atoms with Crippen LogP contribution in [-0.2, 0) is 0 Å². The fourth-order valence-electron chi connectivity index (χ4n) is 1.68. The van der Waals surface area contributed by atoms with E-state index >= 15 is 0 Å². The lowest BCUT2D eigenvalue weighted by Gasteiger charge is -2.14. The summed E-state index contributed by atoms with van der Waals surface area (Å²) in [5, 5.41) is 9.36. The minimum atomic E-state index is -0.00694. The van der Waals surface area contributed by atoms with E-state index in [0.717, 1.165) is 6.42 Å². The van der Waals surface area contributed by atoms with Crippen LogP contribution in [0.4, 0.5) is 0 Å². The van der Waals surface area contributed by atoms with Gasteiger partial charge in [0.15, 0.2) is 0 Å². The van der Waals surface area contributed by atoms with E-state index in [-0.39, 0.29) is 33.1 Å². The van der Waals surface area contributed by atoms with Crippen molar-refractivity contribution in [2.75, 3.05) is 0 Å². The molecule has 0 aromatic rings. The number of hydrogen-bond donors (Lipinski definition) is 1. The molecule has 0 amide bonds. The van der Waals surface area contributed by atoms with E-state index in [1.807, 2.05) is 0 Å². The van der Waals surface area contributed by atoms with Gasteiger partial charge in [0.05, 0.1) is 6.10 Å². The summed E-state index contributed by atoms with van der Waals surface area (Å²) in [7, 11) is 0. The van der Waals surface area contributed by atoms with E-state index in [4.69, 9.17) is 0 Å². The topological polar surface area (TPSA) is 20.2 Å². The number of rotatable bonds is 2. The second-order valence-corrected chi connectivity index (χ2v) is 3.02.